The summed E-state index contributed by atoms with van der Waals surface area (Å²) in [5, 5.41) is 6.10. The molecule has 3 saturated heterocycles. The summed E-state index contributed by atoms with van der Waals surface area (Å²) in [6, 6.07) is -0.147. The third-order valence-electron chi connectivity index (χ3n) is 6.01. The van der Waals surface area contributed by atoms with Crippen LogP contribution in [0.2, 0.25) is 0 Å². The largest absolute Gasteiger partial charge is 0.444 e. The Balaban J connectivity index is 1.61. The molecule has 27 heavy (non-hydrogen) atoms. The maximum absolute atomic E-state index is 12.9. The molecule has 0 aliphatic carbocycles. The lowest BCUT2D eigenvalue weighted by molar-refractivity contribution is -0.141. The lowest BCUT2D eigenvalue weighted by Gasteiger charge is -2.48. The fourth-order valence-corrected chi connectivity index (χ4v) is 4.94. The van der Waals surface area contributed by atoms with E-state index in [-0.39, 0.29) is 36.0 Å². The normalized spacial score (nSPS) is 34.4. The van der Waals surface area contributed by atoms with Crippen LogP contribution in [0.1, 0.15) is 40.0 Å². The summed E-state index contributed by atoms with van der Waals surface area (Å²) in [4.78, 5) is 29.9. The van der Waals surface area contributed by atoms with Crippen molar-refractivity contribution in [1.29, 1.82) is 0 Å². The molecule has 0 saturated carbocycles. The topological polar surface area (TPSA) is 74.7 Å². The van der Waals surface area contributed by atoms with Gasteiger partial charge in [-0.25, -0.2) is 9.80 Å². The summed E-state index contributed by atoms with van der Waals surface area (Å²) in [6.07, 6.45) is 2.33. The van der Waals surface area contributed by atoms with Gasteiger partial charge in [0, 0.05) is 32.1 Å². The Labute approximate surface area is 160 Å². The molecule has 0 N–H and O–H groups in total. The van der Waals surface area contributed by atoms with Crippen LogP contribution >= 0.6 is 0 Å². The smallest absolute Gasteiger partial charge is 0.411 e. The molecule has 2 amide bonds. The van der Waals surface area contributed by atoms with E-state index in [0.29, 0.717) is 13.2 Å². The van der Waals surface area contributed by atoms with Crippen LogP contribution in [0.5, 0.6) is 0 Å². The monoisotopic (exact) mass is 378 g/mol. The van der Waals surface area contributed by atoms with Crippen LogP contribution in [0.4, 0.5) is 4.79 Å². The van der Waals surface area contributed by atoms with Gasteiger partial charge < -0.3 is 9.47 Å². The summed E-state index contributed by atoms with van der Waals surface area (Å²) >= 11 is 0. The van der Waals surface area contributed by atoms with Crippen molar-refractivity contribution in [1.82, 2.24) is 14.8 Å². The van der Waals surface area contributed by atoms with Crippen molar-refractivity contribution in [3.05, 3.63) is 0 Å². The van der Waals surface area contributed by atoms with E-state index in [1.54, 1.807) is 7.05 Å². The van der Waals surface area contributed by atoms with E-state index >= 15 is 0 Å². The molecule has 3 fully saturated rings. The molecule has 0 spiro atoms. The molecule has 0 aromatic carbocycles. The zero-order valence-corrected chi connectivity index (χ0v) is 16.7. The highest BCUT2D eigenvalue weighted by molar-refractivity contribution is 6.02. The molecule has 8 nitrogen and oxygen atoms in total. The van der Waals surface area contributed by atoms with Gasteiger partial charge in [-0.05, 0) is 40.0 Å². The summed E-state index contributed by atoms with van der Waals surface area (Å²) in [6.45, 7) is 8.50. The molecular weight excluding hydrogens is 348 g/mol. The molecule has 0 aromatic heterocycles. The van der Waals surface area contributed by atoms with Crippen molar-refractivity contribution >= 4 is 17.7 Å². The van der Waals surface area contributed by atoms with Gasteiger partial charge in [0.2, 0.25) is 0 Å². The number of ether oxygens (including phenoxy) is 2. The molecule has 4 heterocycles. The van der Waals surface area contributed by atoms with Crippen LogP contribution < -0.4 is 0 Å². The number of likely N-dealkylation sites (N-methyl/N-ethyl adjacent to an activating group) is 1. The maximum atomic E-state index is 12.9. The highest BCUT2D eigenvalue weighted by Gasteiger charge is 2.54. The minimum Gasteiger partial charge on any atom is -0.444 e. The van der Waals surface area contributed by atoms with E-state index in [0.717, 1.165) is 38.1 Å². The van der Waals surface area contributed by atoms with Crippen molar-refractivity contribution in [2.75, 3.05) is 33.4 Å². The van der Waals surface area contributed by atoms with Crippen LogP contribution in [0.25, 0.3) is 0 Å². The summed E-state index contributed by atoms with van der Waals surface area (Å²) in [5.74, 6) is 0.124. The molecule has 4 atom stereocenters. The van der Waals surface area contributed by atoms with Gasteiger partial charge in [0.15, 0.2) is 0 Å². The molecule has 150 valence electrons. The average Bonchev–Trinajstić information content (AvgIpc) is 2.93. The molecule has 0 aromatic rings. The Morgan fingerprint density at radius 2 is 1.93 bits per heavy atom. The van der Waals surface area contributed by atoms with E-state index in [1.807, 2.05) is 25.7 Å². The standard InChI is InChI=1S/C19H30N4O4/c1-19(2,3)27-18(25)23-12-5-6-14(23)15-13(11-12)16(17(24)21(4)20-15)22-7-9-26-10-8-22/h12-14,16H,5-11H2,1-4H3. The van der Waals surface area contributed by atoms with Gasteiger partial charge in [0.1, 0.15) is 5.60 Å². The molecule has 8 heteroatoms. The molecule has 0 radical (unpaired) electrons. The van der Waals surface area contributed by atoms with Gasteiger partial charge in [-0.15, -0.1) is 0 Å². The predicted octanol–water partition coefficient (Wildman–Crippen LogP) is 1.30. The Kier molecular flexibility index (Phi) is 4.66. The minimum absolute atomic E-state index is 0.0516. The van der Waals surface area contributed by atoms with Crippen LogP contribution in [-0.2, 0) is 14.3 Å². The number of hydrazone groups is 1. The quantitative estimate of drug-likeness (QED) is 0.688. The zero-order valence-electron chi connectivity index (χ0n) is 16.7. The van der Waals surface area contributed by atoms with E-state index in [4.69, 9.17) is 9.47 Å². The second kappa shape index (κ2) is 6.74. The Morgan fingerprint density at radius 3 is 2.59 bits per heavy atom. The Hall–Kier alpha value is -1.67. The first-order valence-corrected chi connectivity index (χ1v) is 9.95. The lowest BCUT2D eigenvalue weighted by Crippen LogP contribution is -2.64. The minimum atomic E-state index is -0.523. The van der Waals surface area contributed by atoms with Crippen molar-refractivity contribution < 1.29 is 19.1 Å². The van der Waals surface area contributed by atoms with E-state index < -0.39 is 5.60 Å². The number of amides is 2. The highest BCUT2D eigenvalue weighted by Crippen LogP contribution is 2.42. The fourth-order valence-electron chi connectivity index (χ4n) is 4.94. The number of rotatable bonds is 1. The number of hydrogen-bond donors (Lipinski definition) is 0. The van der Waals surface area contributed by atoms with E-state index in [9.17, 15) is 9.59 Å². The number of carbonyl (C=O) groups excluding carboxylic acids is 2. The predicted molar refractivity (Wildman–Crippen MR) is 99.4 cm³/mol. The summed E-state index contributed by atoms with van der Waals surface area (Å²) in [5.41, 5.74) is 0.443. The van der Waals surface area contributed by atoms with Crippen LogP contribution in [-0.4, -0.2) is 89.6 Å². The number of nitrogens with zero attached hydrogens (tertiary/aromatic N) is 4. The summed E-state index contributed by atoms with van der Waals surface area (Å²) < 4.78 is 11.1. The molecule has 4 unspecified atom stereocenters. The number of carbonyl (C=O) groups is 2. The third kappa shape index (κ3) is 3.33. The van der Waals surface area contributed by atoms with Gasteiger partial charge in [-0.2, -0.15) is 5.10 Å². The second-order valence-corrected chi connectivity index (χ2v) is 8.96. The third-order valence-corrected chi connectivity index (χ3v) is 6.01. The Bertz CT molecular complexity index is 653. The SMILES string of the molecule is CN1N=C2C(CC3CCC2N3C(=O)OC(C)(C)C)C(N2CCOCC2)C1=O. The van der Waals surface area contributed by atoms with Crippen molar-refractivity contribution in [2.45, 2.75) is 63.8 Å². The van der Waals surface area contributed by atoms with Crippen molar-refractivity contribution in [2.24, 2.45) is 11.0 Å². The first-order chi connectivity index (χ1) is 12.8. The highest BCUT2D eigenvalue weighted by atomic mass is 16.6. The van der Waals surface area contributed by atoms with Gasteiger partial charge >= 0.3 is 6.09 Å². The molecule has 4 aliphatic rings. The number of fused-ring (bicyclic) bond motifs is 4. The van der Waals surface area contributed by atoms with Crippen LogP contribution in [0, 0.1) is 5.92 Å². The van der Waals surface area contributed by atoms with Gasteiger partial charge in [0.05, 0.1) is 31.0 Å². The van der Waals surface area contributed by atoms with Gasteiger partial charge in [-0.3, -0.25) is 14.6 Å². The first kappa shape index (κ1) is 18.7. The maximum Gasteiger partial charge on any atom is 0.411 e. The second-order valence-electron chi connectivity index (χ2n) is 8.96. The molecule has 2 bridgehead atoms. The van der Waals surface area contributed by atoms with E-state index in [2.05, 4.69) is 10.0 Å². The van der Waals surface area contributed by atoms with Gasteiger partial charge in [0.25, 0.3) is 5.91 Å². The van der Waals surface area contributed by atoms with Crippen molar-refractivity contribution in [3.8, 4) is 0 Å². The molecular formula is C19H30N4O4. The number of piperidine rings is 1. The Morgan fingerprint density at radius 1 is 1.22 bits per heavy atom. The first-order valence-electron chi connectivity index (χ1n) is 9.95. The van der Waals surface area contributed by atoms with E-state index in [1.165, 1.54) is 5.01 Å². The summed E-state index contributed by atoms with van der Waals surface area (Å²) in [7, 11) is 1.72. The zero-order chi connectivity index (χ0) is 19.3. The van der Waals surface area contributed by atoms with Crippen molar-refractivity contribution in [3.63, 3.8) is 0 Å². The lowest BCUT2D eigenvalue weighted by atomic mass is 9.80. The average molecular weight is 378 g/mol. The number of morpholine rings is 1. The fraction of sp³-hybridized carbons (Fsp3) is 0.842. The molecule has 4 aliphatic heterocycles. The molecule has 4 rings (SSSR count). The van der Waals surface area contributed by atoms with Gasteiger partial charge in [-0.1, -0.05) is 0 Å². The van der Waals surface area contributed by atoms with Crippen LogP contribution in [0.15, 0.2) is 5.10 Å². The van der Waals surface area contributed by atoms with Crippen LogP contribution in [0.3, 0.4) is 0 Å². The number of hydrogen-bond acceptors (Lipinski definition) is 6.